The van der Waals surface area contributed by atoms with Gasteiger partial charge in [0.25, 0.3) is 0 Å². The van der Waals surface area contributed by atoms with Crippen molar-refractivity contribution in [1.82, 2.24) is 15.1 Å². The molecule has 2 fully saturated rings. The van der Waals surface area contributed by atoms with E-state index >= 15 is 0 Å². The summed E-state index contributed by atoms with van der Waals surface area (Å²) in [5, 5.41) is 8.43. The average Bonchev–Trinajstić information content (AvgIpc) is 2.99. The second-order valence-electron chi connectivity index (χ2n) is 5.91. The van der Waals surface area contributed by atoms with Crippen molar-refractivity contribution in [3.05, 3.63) is 12.3 Å². The molecule has 3 rings (SSSR count). The van der Waals surface area contributed by atoms with Crippen molar-refractivity contribution in [1.29, 1.82) is 0 Å². The van der Waals surface area contributed by atoms with Crippen LogP contribution >= 0.6 is 0 Å². The Kier molecular flexibility index (Phi) is 3.06. The van der Waals surface area contributed by atoms with Gasteiger partial charge in [-0.3, -0.25) is 4.68 Å². The molecule has 2 aliphatic rings. The highest BCUT2D eigenvalue weighted by atomic mass is 15.4. The van der Waals surface area contributed by atoms with Gasteiger partial charge in [-0.15, -0.1) is 0 Å². The first-order valence-corrected chi connectivity index (χ1v) is 7.24. The largest absolute Gasteiger partial charge is 0.349 e. The number of nitrogens with one attached hydrogen (secondary N) is 1. The van der Waals surface area contributed by atoms with Gasteiger partial charge in [0.15, 0.2) is 5.82 Å². The summed E-state index contributed by atoms with van der Waals surface area (Å²) in [4.78, 5) is 2.53. The SMILES string of the molecule is CCC1CNC2(CCCC2)CN1c1ccn(C)n1. The number of nitrogens with zero attached hydrogens (tertiary/aromatic N) is 3. The van der Waals surface area contributed by atoms with Gasteiger partial charge in [-0.05, 0) is 19.3 Å². The van der Waals surface area contributed by atoms with E-state index in [9.17, 15) is 0 Å². The third-order valence-corrected chi connectivity index (χ3v) is 4.65. The van der Waals surface area contributed by atoms with Crippen LogP contribution in [0, 0.1) is 0 Å². The molecule has 1 aliphatic heterocycles. The second kappa shape index (κ2) is 4.57. The van der Waals surface area contributed by atoms with Crippen LogP contribution in [0.4, 0.5) is 5.82 Å². The minimum absolute atomic E-state index is 0.364. The first-order valence-electron chi connectivity index (χ1n) is 7.24. The summed E-state index contributed by atoms with van der Waals surface area (Å²) < 4.78 is 1.91. The Hall–Kier alpha value is -1.03. The maximum atomic E-state index is 4.60. The van der Waals surface area contributed by atoms with Gasteiger partial charge < -0.3 is 10.2 Å². The zero-order chi connectivity index (χ0) is 12.6. The minimum atomic E-state index is 0.364. The molecule has 1 saturated carbocycles. The number of piperazine rings is 1. The lowest BCUT2D eigenvalue weighted by Crippen LogP contribution is -2.63. The molecule has 1 aromatic rings. The van der Waals surface area contributed by atoms with Crippen molar-refractivity contribution >= 4 is 5.82 Å². The average molecular weight is 248 g/mol. The number of anilines is 1. The first-order chi connectivity index (χ1) is 8.72. The van der Waals surface area contributed by atoms with Crippen LogP contribution in [0.2, 0.25) is 0 Å². The fraction of sp³-hybridized carbons (Fsp3) is 0.786. The zero-order valence-electron chi connectivity index (χ0n) is 11.5. The smallest absolute Gasteiger partial charge is 0.150 e. The van der Waals surface area contributed by atoms with E-state index < -0.39 is 0 Å². The highest BCUT2D eigenvalue weighted by Gasteiger charge is 2.41. The molecule has 1 spiro atoms. The van der Waals surface area contributed by atoms with Gasteiger partial charge in [0.05, 0.1) is 0 Å². The molecule has 1 aromatic heterocycles. The van der Waals surface area contributed by atoms with Gasteiger partial charge in [0, 0.05) is 44.0 Å². The lowest BCUT2D eigenvalue weighted by Gasteiger charge is -2.46. The topological polar surface area (TPSA) is 33.1 Å². The molecular formula is C14H24N4. The van der Waals surface area contributed by atoms with E-state index in [0.29, 0.717) is 11.6 Å². The van der Waals surface area contributed by atoms with Crippen LogP contribution < -0.4 is 10.2 Å². The molecular weight excluding hydrogens is 224 g/mol. The van der Waals surface area contributed by atoms with Crippen LogP contribution in [0.25, 0.3) is 0 Å². The van der Waals surface area contributed by atoms with Crippen molar-refractivity contribution in [3.8, 4) is 0 Å². The molecule has 1 unspecified atom stereocenters. The van der Waals surface area contributed by atoms with Crippen molar-refractivity contribution in [2.75, 3.05) is 18.0 Å². The molecule has 4 heteroatoms. The monoisotopic (exact) mass is 248 g/mol. The minimum Gasteiger partial charge on any atom is -0.349 e. The summed E-state index contributed by atoms with van der Waals surface area (Å²) in [7, 11) is 2.00. The van der Waals surface area contributed by atoms with Crippen LogP contribution in [0.1, 0.15) is 39.0 Å². The number of hydrogen-bond donors (Lipinski definition) is 1. The standard InChI is InChI=1S/C14H24N4/c1-3-12-10-15-14(7-4-5-8-14)11-18(12)13-6-9-17(2)16-13/h6,9,12,15H,3-5,7-8,10-11H2,1-2H3. The summed E-state index contributed by atoms with van der Waals surface area (Å²) in [5.74, 6) is 1.15. The summed E-state index contributed by atoms with van der Waals surface area (Å²) in [6.45, 7) is 4.50. The van der Waals surface area contributed by atoms with Crippen molar-refractivity contribution in [2.45, 2.75) is 50.6 Å². The Balaban J connectivity index is 1.83. The number of aryl methyl sites for hydroxylation is 1. The predicted molar refractivity (Wildman–Crippen MR) is 73.8 cm³/mol. The third-order valence-electron chi connectivity index (χ3n) is 4.65. The highest BCUT2D eigenvalue weighted by Crippen LogP contribution is 2.35. The van der Waals surface area contributed by atoms with Crippen molar-refractivity contribution < 1.29 is 0 Å². The van der Waals surface area contributed by atoms with E-state index in [1.807, 2.05) is 17.9 Å². The normalized spacial score (nSPS) is 27.0. The highest BCUT2D eigenvalue weighted by molar-refractivity contribution is 5.41. The maximum absolute atomic E-state index is 4.60. The molecule has 100 valence electrons. The number of rotatable bonds is 2. The first kappa shape index (κ1) is 12.0. The maximum Gasteiger partial charge on any atom is 0.150 e. The van der Waals surface area contributed by atoms with Gasteiger partial charge in [-0.1, -0.05) is 19.8 Å². The number of hydrogen-bond acceptors (Lipinski definition) is 3. The number of aromatic nitrogens is 2. The fourth-order valence-electron chi connectivity index (χ4n) is 3.53. The Morgan fingerprint density at radius 1 is 1.44 bits per heavy atom. The molecule has 2 heterocycles. The Morgan fingerprint density at radius 2 is 2.22 bits per heavy atom. The quantitative estimate of drug-likeness (QED) is 0.868. The molecule has 0 bridgehead atoms. The van der Waals surface area contributed by atoms with Gasteiger partial charge in [-0.2, -0.15) is 5.10 Å². The van der Waals surface area contributed by atoms with E-state index in [1.165, 1.54) is 32.1 Å². The van der Waals surface area contributed by atoms with E-state index in [1.54, 1.807) is 0 Å². The van der Waals surface area contributed by atoms with Crippen LogP contribution in [-0.2, 0) is 7.05 Å². The van der Waals surface area contributed by atoms with E-state index in [-0.39, 0.29) is 0 Å². The Morgan fingerprint density at radius 3 is 2.83 bits per heavy atom. The van der Waals surface area contributed by atoms with Gasteiger partial charge >= 0.3 is 0 Å². The van der Waals surface area contributed by atoms with Crippen LogP contribution in [0.3, 0.4) is 0 Å². The van der Waals surface area contributed by atoms with Crippen molar-refractivity contribution in [3.63, 3.8) is 0 Å². The van der Waals surface area contributed by atoms with E-state index in [0.717, 1.165) is 18.9 Å². The molecule has 1 N–H and O–H groups in total. The molecule has 0 amide bonds. The Labute approximate surface area is 109 Å². The molecule has 0 radical (unpaired) electrons. The van der Waals surface area contributed by atoms with Crippen LogP contribution in [0.5, 0.6) is 0 Å². The summed E-state index contributed by atoms with van der Waals surface area (Å²) in [5.41, 5.74) is 0.364. The lowest BCUT2D eigenvalue weighted by atomic mass is 9.91. The lowest BCUT2D eigenvalue weighted by molar-refractivity contribution is 0.266. The van der Waals surface area contributed by atoms with Gasteiger partial charge in [-0.25, -0.2) is 0 Å². The Bertz CT molecular complexity index is 406. The van der Waals surface area contributed by atoms with E-state index in [4.69, 9.17) is 0 Å². The third kappa shape index (κ3) is 2.03. The molecule has 18 heavy (non-hydrogen) atoms. The van der Waals surface area contributed by atoms with Gasteiger partial charge in [0.2, 0.25) is 0 Å². The molecule has 0 aromatic carbocycles. The zero-order valence-corrected chi connectivity index (χ0v) is 11.5. The molecule has 1 saturated heterocycles. The van der Waals surface area contributed by atoms with Crippen LogP contribution in [-0.4, -0.2) is 34.5 Å². The summed E-state index contributed by atoms with van der Waals surface area (Å²) >= 11 is 0. The van der Waals surface area contributed by atoms with E-state index in [2.05, 4.69) is 28.3 Å². The molecule has 1 aliphatic carbocycles. The summed E-state index contributed by atoms with van der Waals surface area (Å²) in [6, 6.07) is 2.74. The predicted octanol–water partition coefficient (Wildman–Crippen LogP) is 1.92. The van der Waals surface area contributed by atoms with Gasteiger partial charge in [0.1, 0.15) is 0 Å². The second-order valence-corrected chi connectivity index (χ2v) is 5.91. The fourth-order valence-corrected chi connectivity index (χ4v) is 3.53. The molecule has 1 atom stereocenters. The summed E-state index contributed by atoms with van der Waals surface area (Å²) in [6.07, 6.45) is 8.63. The van der Waals surface area contributed by atoms with Crippen molar-refractivity contribution in [2.24, 2.45) is 7.05 Å². The molecule has 4 nitrogen and oxygen atoms in total. The van der Waals surface area contributed by atoms with Crippen LogP contribution in [0.15, 0.2) is 12.3 Å².